The highest BCUT2D eigenvalue weighted by molar-refractivity contribution is 5.14. The summed E-state index contributed by atoms with van der Waals surface area (Å²) in [5, 5.41) is 3.38. The van der Waals surface area contributed by atoms with Crippen LogP contribution in [0.5, 0.6) is 0 Å². The van der Waals surface area contributed by atoms with Gasteiger partial charge < -0.3 is 5.32 Å². The van der Waals surface area contributed by atoms with E-state index >= 15 is 0 Å². The molecule has 1 saturated heterocycles. The van der Waals surface area contributed by atoms with E-state index in [9.17, 15) is 0 Å². The molecule has 1 aromatic rings. The van der Waals surface area contributed by atoms with Crippen molar-refractivity contribution < 1.29 is 0 Å². The first-order valence-corrected chi connectivity index (χ1v) is 6.75. The van der Waals surface area contributed by atoms with Crippen molar-refractivity contribution in [2.45, 2.75) is 38.3 Å². The standard InChI is InChI=1S/C15H24N2/c1-13(17-11-10-15(12-17)16-2)8-9-14-6-4-3-5-7-14/h3-7,13,15-16H,8-12H2,1-2H3. The fourth-order valence-corrected chi connectivity index (χ4v) is 2.63. The van der Waals surface area contributed by atoms with E-state index in [-0.39, 0.29) is 0 Å². The normalized spacial score (nSPS) is 22.8. The number of benzene rings is 1. The second-order valence-corrected chi connectivity index (χ2v) is 5.14. The minimum Gasteiger partial charge on any atom is -0.316 e. The Balaban J connectivity index is 1.76. The Bertz CT molecular complexity index is 323. The van der Waals surface area contributed by atoms with Gasteiger partial charge in [0.25, 0.3) is 0 Å². The largest absolute Gasteiger partial charge is 0.316 e. The summed E-state index contributed by atoms with van der Waals surface area (Å²) in [5.74, 6) is 0. The summed E-state index contributed by atoms with van der Waals surface area (Å²) in [6.07, 6.45) is 3.76. The summed E-state index contributed by atoms with van der Waals surface area (Å²) in [5.41, 5.74) is 1.46. The molecule has 1 aromatic carbocycles. The molecule has 0 bridgehead atoms. The number of likely N-dealkylation sites (tertiary alicyclic amines) is 1. The van der Waals surface area contributed by atoms with Crippen LogP contribution in [0.2, 0.25) is 0 Å². The Hall–Kier alpha value is -0.860. The molecule has 0 saturated carbocycles. The van der Waals surface area contributed by atoms with Crippen molar-refractivity contribution in [2.24, 2.45) is 0 Å². The first-order valence-electron chi connectivity index (χ1n) is 6.75. The van der Waals surface area contributed by atoms with Crippen molar-refractivity contribution in [3.8, 4) is 0 Å². The Morgan fingerprint density at radius 3 is 2.76 bits per heavy atom. The Morgan fingerprint density at radius 1 is 1.35 bits per heavy atom. The first kappa shape index (κ1) is 12.6. The number of likely N-dealkylation sites (N-methyl/N-ethyl adjacent to an activating group) is 1. The molecule has 0 aromatic heterocycles. The SMILES string of the molecule is CNC1CCN(C(C)CCc2ccccc2)C1. The van der Waals surface area contributed by atoms with E-state index in [4.69, 9.17) is 0 Å². The topological polar surface area (TPSA) is 15.3 Å². The van der Waals surface area contributed by atoms with Crippen LogP contribution in [0.25, 0.3) is 0 Å². The van der Waals surface area contributed by atoms with Gasteiger partial charge >= 0.3 is 0 Å². The fourth-order valence-electron chi connectivity index (χ4n) is 2.63. The third-order valence-electron chi connectivity index (χ3n) is 3.94. The van der Waals surface area contributed by atoms with Crippen LogP contribution in [0.1, 0.15) is 25.3 Å². The Kier molecular flexibility index (Phi) is 4.57. The maximum atomic E-state index is 3.38. The van der Waals surface area contributed by atoms with E-state index in [2.05, 4.69) is 54.5 Å². The van der Waals surface area contributed by atoms with Crippen LogP contribution in [0.3, 0.4) is 0 Å². The monoisotopic (exact) mass is 232 g/mol. The van der Waals surface area contributed by atoms with Gasteiger partial charge in [0.2, 0.25) is 0 Å². The molecule has 0 aliphatic carbocycles. The summed E-state index contributed by atoms with van der Waals surface area (Å²) in [6.45, 7) is 4.83. The quantitative estimate of drug-likeness (QED) is 0.838. The van der Waals surface area contributed by atoms with Gasteiger partial charge in [-0.1, -0.05) is 30.3 Å². The number of hydrogen-bond acceptors (Lipinski definition) is 2. The van der Waals surface area contributed by atoms with E-state index in [1.165, 1.54) is 37.9 Å². The van der Waals surface area contributed by atoms with Gasteiger partial charge in [-0.15, -0.1) is 0 Å². The lowest BCUT2D eigenvalue weighted by molar-refractivity contribution is 0.242. The van der Waals surface area contributed by atoms with Gasteiger partial charge in [-0.3, -0.25) is 4.90 Å². The molecule has 2 nitrogen and oxygen atoms in total. The summed E-state index contributed by atoms with van der Waals surface area (Å²) in [7, 11) is 2.07. The zero-order chi connectivity index (χ0) is 12.1. The average molecular weight is 232 g/mol. The zero-order valence-corrected chi connectivity index (χ0v) is 11.0. The van der Waals surface area contributed by atoms with Crippen molar-refractivity contribution in [2.75, 3.05) is 20.1 Å². The van der Waals surface area contributed by atoms with E-state index in [0.29, 0.717) is 12.1 Å². The number of rotatable bonds is 5. The predicted octanol–water partition coefficient (Wildman–Crippen LogP) is 2.30. The van der Waals surface area contributed by atoms with Crippen LogP contribution < -0.4 is 5.32 Å². The molecule has 17 heavy (non-hydrogen) atoms. The highest BCUT2D eigenvalue weighted by Gasteiger charge is 2.24. The molecule has 1 aliphatic rings. The van der Waals surface area contributed by atoms with E-state index in [1.54, 1.807) is 0 Å². The maximum Gasteiger partial charge on any atom is 0.0204 e. The average Bonchev–Trinajstić information content (AvgIpc) is 2.86. The molecule has 1 heterocycles. The molecule has 94 valence electrons. The molecule has 0 radical (unpaired) electrons. The summed E-state index contributed by atoms with van der Waals surface area (Å²) >= 11 is 0. The molecular formula is C15H24N2. The minimum absolute atomic E-state index is 0.702. The van der Waals surface area contributed by atoms with Crippen molar-refractivity contribution in [1.29, 1.82) is 0 Å². The van der Waals surface area contributed by atoms with Crippen molar-refractivity contribution in [3.63, 3.8) is 0 Å². The second kappa shape index (κ2) is 6.18. The van der Waals surface area contributed by atoms with Crippen LogP contribution in [0, 0.1) is 0 Å². The van der Waals surface area contributed by atoms with Gasteiger partial charge in [0.05, 0.1) is 0 Å². The van der Waals surface area contributed by atoms with E-state index in [0.717, 1.165) is 0 Å². The molecule has 0 amide bonds. The van der Waals surface area contributed by atoms with Crippen molar-refractivity contribution in [3.05, 3.63) is 35.9 Å². The van der Waals surface area contributed by atoms with Gasteiger partial charge in [-0.05, 0) is 38.8 Å². The van der Waals surface area contributed by atoms with Gasteiger partial charge in [-0.25, -0.2) is 0 Å². The van der Waals surface area contributed by atoms with Gasteiger partial charge in [0, 0.05) is 25.2 Å². The molecule has 2 rings (SSSR count). The lowest BCUT2D eigenvalue weighted by Crippen LogP contribution is -2.35. The lowest BCUT2D eigenvalue weighted by atomic mass is 10.1. The Morgan fingerprint density at radius 2 is 2.12 bits per heavy atom. The number of hydrogen-bond donors (Lipinski definition) is 1. The molecule has 2 atom stereocenters. The third kappa shape index (κ3) is 3.55. The number of nitrogens with one attached hydrogen (secondary N) is 1. The summed E-state index contributed by atoms with van der Waals surface area (Å²) < 4.78 is 0. The van der Waals surface area contributed by atoms with Crippen LogP contribution in [0.4, 0.5) is 0 Å². The second-order valence-electron chi connectivity index (χ2n) is 5.14. The van der Waals surface area contributed by atoms with Crippen LogP contribution in [-0.4, -0.2) is 37.1 Å². The summed E-state index contributed by atoms with van der Waals surface area (Å²) in [4.78, 5) is 2.62. The van der Waals surface area contributed by atoms with Gasteiger partial charge in [0.1, 0.15) is 0 Å². The van der Waals surface area contributed by atoms with Crippen LogP contribution in [-0.2, 0) is 6.42 Å². The highest BCUT2D eigenvalue weighted by Crippen LogP contribution is 2.16. The highest BCUT2D eigenvalue weighted by atomic mass is 15.2. The van der Waals surface area contributed by atoms with Gasteiger partial charge in [-0.2, -0.15) is 0 Å². The molecule has 2 unspecified atom stereocenters. The lowest BCUT2D eigenvalue weighted by Gasteiger charge is -2.24. The molecule has 0 spiro atoms. The van der Waals surface area contributed by atoms with Crippen molar-refractivity contribution in [1.82, 2.24) is 10.2 Å². The molecular weight excluding hydrogens is 208 g/mol. The van der Waals surface area contributed by atoms with Crippen LogP contribution >= 0.6 is 0 Å². The number of aryl methyl sites for hydroxylation is 1. The fraction of sp³-hybridized carbons (Fsp3) is 0.600. The summed E-state index contributed by atoms with van der Waals surface area (Å²) in [6, 6.07) is 12.2. The molecule has 1 aliphatic heterocycles. The molecule has 1 fully saturated rings. The van der Waals surface area contributed by atoms with E-state index < -0.39 is 0 Å². The molecule has 1 N–H and O–H groups in total. The Labute approximate surface area is 105 Å². The van der Waals surface area contributed by atoms with Crippen molar-refractivity contribution >= 4 is 0 Å². The minimum atomic E-state index is 0.702. The van der Waals surface area contributed by atoms with E-state index in [1.807, 2.05) is 0 Å². The first-order chi connectivity index (χ1) is 8.29. The third-order valence-corrected chi connectivity index (χ3v) is 3.94. The molecule has 2 heteroatoms. The number of nitrogens with zero attached hydrogens (tertiary/aromatic N) is 1. The van der Waals surface area contributed by atoms with Crippen LogP contribution in [0.15, 0.2) is 30.3 Å². The smallest absolute Gasteiger partial charge is 0.0204 e. The predicted molar refractivity (Wildman–Crippen MR) is 73.3 cm³/mol. The van der Waals surface area contributed by atoms with Gasteiger partial charge in [0.15, 0.2) is 0 Å². The maximum absolute atomic E-state index is 3.38. The zero-order valence-electron chi connectivity index (χ0n) is 11.0.